The molecule has 6 nitrogen and oxygen atoms in total. The fraction of sp³-hybridized carbons (Fsp3) is 0.565. The first kappa shape index (κ1) is 18.7. The average molecular weight is 395 g/mol. The van der Waals surface area contributed by atoms with Gasteiger partial charge in [0, 0.05) is 51.0 Å². The fourth-order valence-electron chi connectivity index (χ4n) is 5.55. The summed E-state index contributed by atoms with van der Waals surface area (Å²) in [5.74, 6) is 0.599. The molecule has 1 atom stereocenters. The molecule has 3 fully saturated rings. The van der Waals surface area contributed by atoms with Crippen LogP contribution in [0.15, 0.2) is 36.5 Å². The number of hydrogen-bond acceptors (Lipinski definition) is 3. The number of ether oxygens (including phenoxy) is 1. The molecular formula is C23H30N4O2. The highest BCUT2D eigenvalue weighted by Crippen LogP contribution is 2.56. The number of carbonyl (C=O) groups excluding carboxylic acids is 1. The molecule has 1 unspecified atom stereocenters. The van der Waals surface area contributed by atoms with E-state index in [9.17, 15) is 4.79 Å². The fourth-order valence-corrected chi connectivity index (χ4v) is 5.55. The van der Waals surface area contributed by atoms with Gasteiger partial charge in [0.2, 0.25) is 0 Å². The number of nitrogens with one attached hydrogen (secondary N) is 1. The van der Waals surface area contributed by atoms with E-state index in [0.29, 0.717) is 23.9 Å². The molecule has 1 aromatic heterocycles. The smallest absolute Gasteiger partial charge is 0.317 e. The van der Waals surface area contributed by atoms with Gasteiger partial charge in [0.1, 0.15) is 0 Å². The van der Waals surface area contributed by atoms with Crippen molar-refractivity contribution in [2.45, 2.75) is 44.7 Å². The lowest BCUT2D eigenvalue weighted by Gasteiger charge is -2.64. The van der Waals surface area contributed by atoms with Gasteiger partial charge in [-0.15, -0.1) is 0 Å². The van der Waals surface area contributed by atoms with Gasteiger partial charge in [-0.25, -0.2) is 4.79 Å². The zero-order chi connectivity index (χ0) is 19.8. The Morgan fingerprint density at radius 2 is 1.97 bits per heavy atom. The molecule has 1 aliphatic carbocycles. The van der Waals surface area contributed by atoms with Crippen LogP contribution in [0.1, 0.15) is 37.7 Å². The summed E-state index contributed by atoms with van der Waals surface area (Å²) in [6, 6.07) is 10.9. The Hall–Kier alpha value is -2.34. The summed E-state index contributed by atoms with van der Waals surface area (Å²) in [4.78, 5) is 15.1. The molecule has 1 spiro atoms. The molecule has 3 aliphatic rings. The van der Waals surface area contributed by atoms with Gasteiger partial charge in [0.25, 0.3) is 0 Å². The number of carbonyl (C=O) groups is 1. The van der Waals surface area contributed by atoms with Gasteiger partial charge in [0.05, 0.1) is 5.69 Å². The van der Waals surface area contributed by atoms with Crippen LogP contribution < -0.4 is 5.32 Å². The predicted octanol–water partition coefficient (Wildman–Crippen LogP) is 3.58. The van der Waals surface area contributed by atoms with Gasteiger partial charge in [-0.2, -0.15) is 5.10 Å². The van der Waals surface area contributed by atoms with E-state index in [-0.39, 0.29) is 6.03 Å². The van der Waals surface area contributed by atoms with Crippen LogP contribution in [0.2, 0.25) is 0 Å². The predicted molar refractivity (Wildman–Crippen MR) is 111 cm³/mol. The lowest BCUT2D eigenvalue weighted by Crippen LogP contribution is -2.72. The number of benzene rings is 1. The summed E-state index contributed by atoms with van der Waals surface area (Å²) >= 11 is 0. The SMILES string of the molecule is Cn1nccc1-c1ccc(CNC(=O)N2CC3(CCC3)C2C2CCOCC2)cc1. The van der Waals surface area contributed by atoms with E-state index in [1.807, 2.05) is 17.8 Å². The van der Waals surface area contributed by atoms with Crippen molar-refractivity contribution in [2.75, 3.05) is 19.8 Å². The number of urea groups is 1. The number of amides is 2. The molecule has 29 heavy (non-hydrogen) atoms. The van der Waals surface area contributed by atoms with Crippen LogP contribution in [-0.4, -0.2) is 46.5 Å². The molecule has 154 valence electrons. The van der Waals surface area contributed by atoms with E-state index < -0.39 is 0 Å². The van der Waals surface area contributed by atoms with Crippen molar-refractivity contribution in [2.24, 2.45) is 18.4 Å². The molecule has 3 heterocycles. The quantitative estimate of drug-likeness (QED) is 0.862. The molecular weight excluding hydrogens is 364 g/mol. The molecule has 2 saturated heterocycles. The third kappa shape index (κ3) is 3.33. The minimum absolute atomic E-state index is 0.0923. The van der Waals surface area contributed by atoms with Gasteiger partial charge < -0.3 is 15.0 Å². The highest BCUT2D eigenvalue weighted by molar-refractivity contribution is 5.76. The molecule has 2 amide bonds. The summed E-state index contributed by atoms with van der Waals surface area (Å²) in [5, 5.41) is 7.39. The number of likely N-dealkylation sites (tertiary alicyclic amines) is 1. The minimum Gasteiger partial charge on any atom is -0.381 e. The summed E-state index contributed by atoms with van der Waals surface area (Å²) in [7, 11) is 1.94. The standard InChI is InChI=1S/C23H30N4O2/c1-26-20(7-12-25-26)18-5-3-17(4-6-18)15-24-22(28)27-16-23(10-2-11-23)21(27)19-8-13-29-14-9-19/h3-7,12,19,21H,2,8-11,13-16H2,1H3,(H,24,28). The minimum atomic E-state index is 0.0923. The summed E-state index contributed by atoms with van der Waals surface area (Å²) < 4.78 is 7.43. The van der Waals surface area contributed by atoms with E-state index in [4.69, 9.17) is 4.74 Å². The maximum absolute atomic E-state index is 12.9. The van der Waals surface area contributed by atoms with Gasteiger partial charge in [-0.3, -0.25) is 4.68 Å². The third-order valence-electron chi connectivity index (χ3n) is 7.29. The van der Waals surface area contributed by atoms with Crippen molar-refractivity contribution < 1.29 is 9.53 Å². The number of rotatable bonds is 4. The third-order valence-corrected chi connectivity index (χ3v) is 7.29. The molecule has 6 heteroatoms. The Balaban J connectivity index is 1.21. The highest BCUT2D eigenvalue weighted by Gasteiger charge is 2.59. The maximum Gasteiger partial charge on any atom is 0.317 e. The Bertz CT molecular complexity index is 865. The number of aromatic nitrogens is 2. The van der Waals surface area contributed by atoms with Gasteiger partial charge in [-0.1, -0.05) is 30.7 Å². The highest BCUT2D eigenvalue weighted by atomic mass is 16.5. The van der Waals surface area contributed by atoms with Crippen LogP contribution in [0.3, 0.4) is 0 Å². The second-order valence-electron chi connectivity index (χ2n) is 8.93. The van der Waals surface area contributed by atoms with Crippen LogP contribution >= 0.6 is 0 Å². The second kappa shape index (κ2) is 7.48. The van der Waals surface area contributed by atoms with Gasteiger partial charge in [-0.05, 0) is 48.8 Å². The van der Waals surface area contributed by atoms with Crippen molar-refractivity contribution >= 4 is 6.03 Å². The molecule has 0 bridgehead atoms. The molecule has 0 radical (unpaired) electrons. The van der Waals surface area contributed by atoms with Gasteiger partial charge >= 0.3 is 6.03 Å². The van der Waals surface area contributed by atoms with Gasteiger partial charge in [0.15, 0.2) is 0 Å². The van der Waals surface area contributed by atoms with E-state index >= 15 is 0 Å². The normalized spacial score (nSPS) is 23.5. The summed E-state index contributed by atoms with van der Waals surface area (Å²) in [6.45, 7) is 3.18. The zero-order valence-electron chi connectivity index (χ0n) is 17.1. The summed E-state index contributed by atoms with van der Waals surface area (Å²) in [6.07, 6.45) is 7.87. The van der Waals surface area contributed by atoms with Crippen LogP contribution in [0.4, 0.5) is 4.79 Å². The van der Waals surface area contributed by atoms with Crippen LogP contribution in [0, 0.1) is 11.3 Å². The van der Waals surface area contributed by atoms with Crippen molar-refractivity contribution in [3.05, 3.63) is 42.1 Å². The first-order valence-corrected chi connectivity index (χ1v) is 10.9. The monoisotopic (exact) mass is 394 g/mol. The average Bonchev–Trinajstić information content (AvgIpc) is 3.12. The van der Waals surface area contributed by atoms with E-state index in [0.717, 1.165) is 49.4 Å². The number of nitrogens with zero attached hydrogens (tertiary/aromatic N) is 3. The Morgan fingerprint density at radius 1 is 1.21 bits per heavy atom. The van der Waals surface area contributed by atoms with Crippen molar-refractivity contribution in [3.63, 3.8) is 0 Å². The molecule has 2 aliphatic heterocycles. The molecule has 1 N–H and O–H groups in total. The number of aryl methyl sites for hydroxylation is 1. The van der Waals surface area contributed by atoms with Crippen molar-refractivity contribution in [3.8, 4) is 11.3 Å². The largest absolute Gasteiger partial charge is 0.381 e. The van der Waals surface area contributed by atoms with Crippen LogP contribution in [0.5, 0.6) is 0 Å². The van der Waals surface area contributed by atoms with E-state index in [2.05, 4.69) is 39.6 Å². The topological polar surface area (TPSA) is 59.4 Å². The van der Waals surface area contributed by atoms with E-state index in [1.54, 1.807) is 6.20 Å². The van der Waals surface area contributed by atoms with Crippen LogP contribution in [0.25, 0.3) is 11.3 Å². The first-order chi connectivity index (χ1) is 14.2. The maximum atomic E-state index is 12.9. The Labute approximate surface area is 172 Å². The number of hydrogen-bond donors (Lipinski definition) is 1. The molecule has 1 aromatic carbocycles. The molecule has 2 aromatic rings. The Morgan fingerprint density at radius 3 is 2.59 bits per heavy atom. The molecule has 1 saturated carbocycles. The van der Waals surface area contributed by atoms with Crippen LogP contribution in [-0.2, 0) is 18.3 Å². The summed E-state index contributed by atoms with van der Waals surface area (Å²) in [5.41, 5.74) is 3.75. The van der Waals surface area contributed by atoms with E-state index in [1.165, 1.54) is 19.3 Å². The molecule has 5 rings (SSSR count). The lowest BCUT2D eigenvalue weighted by atomic mass is 9.54. The second-order valence-corrected chi connectivity index (χ2v) is 8.93. The van der Waals surface area contributed by atoms with Crippen molar-refractivity contribution in [1.29, 1.82) is 0 Å². The lowest BCUT2D eigenvalue weighted by molar-refractivity contribution is -0.137. The van der Waals surface area contributed by atoms with Crippen molar-refractivity contribution in [1.82, 2.24) is 20.0 Å². The Kier molecular flexibility index (Phi) is 4.82. The first-order valence-electron chi connectivity index (χ1n) is 10.9. The zero-order valence-corrected chi connectivity index (χ0v) is 17.1.